The van der Waals surface area contributed by atoms with Gasteiger partial charge in [0.15, 0.2) is 17.3 Å². The molecule has 1 aliphatic heterocycles. The number of Topliss-reactive ketones (excluding diaryl/α,β-unsaturated/α-hetero) is 1. The molecule has 0 spiro atoms. The van der Waals surface area contributed by atoms with Gasteiger partial charge in [0.05, 0.1) is 34.1 Å². The summed E-state index contributed by atoms with van der Waals surface area (Å²) in [6.07, 6.45) is 7.77. The number of carbonyl (C=O) groups is 4. The molecule has 1 heterocycles. The van der Waals surface area contributed by atoms with Crippen LogP contribution < -0.4 is 5.32 Å². The predicted octanol–water partition coefficient (Wildman–Crippen LogP) is 6.96. The first-order chi connectivity index (χ1) is 21.5. The number of carbonyl (C=O) groups excluding carboxylic acids is 4. The van der Waals surface area contributed by atoms with Crippen molar-refractivity contribution in [2.24, 2.45) is 10.9 Å². The third kappa shape index (κ3) is 3.17. The SMILES string of the molecule is O=C(Nc1cccc2c1C(=O)c1ccc3c(c1C2=O)N=C1C=CC2=C4C(=CC=C3C14)C(=O)c1ccccc12)c1ccccc1. The van der Waals surface area contributed by atoms with Gasteiger partial charge in [-0.05, 0) is 52.6 Å². The summed E-state index contributed by atoms with van der Waals surface area (Å²) in [6.45, 7) is 0. The largest absolute Gasteiger partial charge is 0.321 e. The predicted molar refractivity (Wildman–Crippen MR) is 168 cm³/mol. The molecule has 4 aliphatic carbocycles. The number of fused-ring (bicyclic) bond motifs is 7. The van der Waals surface area contributed by atoms with Gasteiger partial charge in [0, 0.05) is 33.4 Å². The summed E-state index contributed by atoms with van der Waals surface area (Å²) < 4.78 is 0. The number of rotatable bonds is 2. The normalized spacial score (nSPS) is 18.2. The summed E-state index contributed by atoms with van der Waals surface area (Å²) in [4.78, 5) is 59.7. The van der Waals surface area contributed by atoms with Crippen LogP contribution in [-0.4, -0.2) is 29.0 Å². The molecule has 1 N–H and O–H groups in total. The second-order valence-corrected chi connectivity index (χ2v) is 11.3. The lowest BCUT2D eigenvalue weighted by Crippen LogP contribution is -2.32. The van der Waals surface area contributed by atoms with Crippen LogP contribution in [0.3, 0.4) is 0 Å². The van der Waals surface area contributed by atoms with Crippen molar-refractivity contribution >= 4 is 51.5 Å². The molecule has 4 aromatic carbocycles. The average Bonchev–Trinajstić information content (AvgIpc) is 3.06. The molecule has 9 rings (SSSR count). The standard InChI is InChI=1S/C38H20N2O4/c41-35-24-10-5-4-9-20(24)21-17-18-29-31-22(13-15-26(35)30(21)31)23-14-16-27-33(34(23)39-29)37(43)25-11-6-12-28(32(25)36(27)42)40-38(44)19-7-2-1-3-8-19/h1-18,31H,(H,40,44). The summed E-state index contributed by atoms with van der Waals surface area (Å²) >= 11 is 0. The third-order valence-electron chi connectivity index (χ3n) is 9.05. The number of nitrogens with zero attached hydrogens (tertiary/aromatic N) is 1. The Bertz CT molecular complexity index is 2260. The lowest BCUT2D eigenvalue weighted by Gasteiger charge is -2.38. The molecule has 0 fully saturated rings. The van der Waals surface area contributed by atoms with E-state index in [9.17, 15) is 19.2 Å². The monoisotopic (exact) mass is 568 g/mol. The van der Waals surface area contributed by atoms with Gasteiger partial charge in [-0.25, -0.2) is 0 Å². The van der Waals surface area contributed by atoms with Crippen LogP contribution in [0.1, 0.15) is 63.7 Å². The zero-order valence-electron chi connectivity index (χ0n) is 23.0. The zero-order chi connectivity index (χ0) is 29.7. The fraction of sp³-hybridized carbons (Fsp3) is 0.0263. The maximum Gasteiger partial charge on any atom is 0.255 e. The van der Waals surface area contributed by atoms with Gasteiger partial charge < -0.3 is 5.32 Å². The number of allylic oxidation sites excluding steroid dienone is 8. The Morgan fingerprint density at radius 2 is 1.34 bits per heavy atom. The van der Waals surface area contributed by atoms with Gasteiger partial charge in [-0.1, -0.05) is 78.9 Å². The van der Waals surface area contributed by atoms with Gasteiger partial charge in [0.2, 0.25) is 0 Å². The van der Waals surface area contributed by atoms with Crippen molar-refractivity contribution in [2.75, 3.05) is 5.32 Å². The summed E-state index contributed by atoms with van der Waals surface area (Å²) in [5.41, 5.74) is 8.71. The number of hydrogen-bond donors (Lipinski definition) is 1. The van der Waals surface area contributed by atoms with E-state index in [0.717, 1.165) is 33.6 Å². The van der Waals surface area contributed by atoms with E-state index in [1.54, 1.807) is 48.5 Å². The molecule has 0 aromatic heterocycles. The molecular formula is C38H20N2O4. The van der Waals surface area contributed by atoms with Gasteiger partial charge in [-0.15, -0.1) is 0 Å². The maximum atomic E-state index is 14.2. The fourth-order valence-corrected chi connectivity index (χ4v) is 7.11. The average molecular weight is 569 g/mol. The molecule has 6 nitrogen and oxygen atoms in total. The van der Waals surface area contributed by atoms with Gasteiger partial charge >= 0.3 is 0 Å². The smallest absolute Gasteiger partial charge is 0.255 e. The van der Waals surface area contributed by atoms with Gasteiger partial charge in [-0.3, -0.25) is 24.2 Å². The molecule has 206 valence electrons. The second-order valence-electron chi connectivity index (χ2n) is 11.3. The maximum absolute atomic E-state index is 14.2. The van der Waals surface area contributed by atoms with Gasteiger partial charge in [0.1, 0.15) is 0 Å². The van der Waals surface area contributed by atoms with Crippen LogP contribution in [0.15, 0.2) is 125 Å². The minimum Gasteiger partial charge on any atom is -0.321 e. The molecule has 5 aliphatic rings. The summed E-state index contributed by atoms with van der Waals surface area (Å²) in [5, 5.41) is 2.83. The highest BCUT2D eigenvalue weighted by Gasteiger charge is 2.44. The molecule has 44 heavy (non-hydrogen) atoms. The Morgan fingerprint density at radius 1 is 0.636 bits per heavy atom. The second kappa shape index (κ2) is 8.75. The number of hydrogen-bond acceptors (Lipinski definition) is 5. The highest BCUT2D eigenvalue weighted by Crippen LogP contribution is 2.53. The van der Waals surface area contributed by atoms with Crippen molar-refractivity contribution in [1.29, 1.82) is 0 Å². The van der Waals surface area contributed by atoms with Crippen LogP contribution in [0.4, 0.5) is 11.4 Å². The van der Waals surface area contributed by atoms with Crippen molar-refractivity contribution in [3.63, 3.8) is 0 Å². The van der Waals surface area contributed by atoms with Crippen molar-refractivity contribution in [3.8, 4) is 0 Å². The molecule has 1 amide bonds. The Kier molecular flexibility index (Phi) is 4.89. The van der Waals surface area contributed by atoms with Crippen LogP contribution in [0.5, 0.6) is 0 Å². The Balaban J connectivity index is 1.18. The quantitative estimate of drug-likeness (QED) is 0.249. The van der Waals surface area contributed by atoms with Gasteiger partial charge in [-0.2, -0.15) is 0 Å². The van der Waals surface area contributed by atoms with E-state index in [2.05, 4.69) is 5.32 Å². The molecule has 0 bridgehead atoms. The number of ketones is 3. The first-order valence-corrected chi connectivity index (χ1v) is 14.3. The van der Waals surface area contributed by atoms with E-state index >= 15 is 0 Å². The van der Waals surface area contributed by atoms with Crippen molar-refractivity contribution < 1.29 is 19.2 Å². The highest BCUT2D eigenvalue weighted by molar-refractivity contribution is 6.34. The van der Waals surface area contributed by atoms with E-state index in [1.807, 2.05) is 60.7 Å². The molecule has 1 atom stereocenters. The van der Waals surface area contributed by atoms with E-state index < -0.39 is 0 Å². The molecule has 0 radical (unpaired) electrons. The first-order valence-electron chi connectivity index (χ1n) is 14.3. The van der Waals surface area contributed by atoms with Crippen LogP contribution in [-0.2, 0) is 0 Å². The molecular weight excluding hydrogens is 548 g/mol. The molecule has 4 aromatic rings. The number of aliphatic imine (C=N–C) groups is 1. The van der Waals surface area contributed by atoms with Crippen molar-refractivity contribution in [3.05, 3.63) is 165 Å². The van der Waals surface area contributed by atoms with Crippen molar-refractivity contribution in [2.45, 2.75) is 0 Å². The topological polar surface area (TPSA) is 92.7 Å². The molecule has 0 saturated heterocycles. The van der Waals surface area contributed by atoms with E-state index in [-0.39, 0.29) is 57.1 Å². The fourth-order valence-electron chi connectivity index (χ4n) is 7.11. The first kappa shape index (κ1) is 24.6. The minimum atomic E-state index is -0.369. The lowest BCUT2D eigenvalue weighted by atomic mass is 9.65. The third-order valence-corrected chi connectivity index (χ3v) is 9.05. The zero-order valence-corrected chi connectivity index (χ0v) is 23.0. The summed E-state index contributed by atoms with van der Waals surface area (Å²) in [7, 11) is 0. The number of amides is 1. The van der Waals surface area contributed by atoms with E-state index in [0.29, 0.717) is 22.4 Å². The number of benzene rings is 4. The Morgan fingerprint density at radius 3 is 2.18 bits per heavy atom. The number of anilines is 1. The van der Waals surface area contributed by atoms with Gasteiger partial charge in [0.25, 0.3) is 5.91 Å². The van der Waals surface area contributed by atoms with Crippen molar-refractivity contribution in [1.82, 2.24) is 0 Å². The van der Waals surface area contributed by atoms with E-state index in [1.165, 1.54) is 0 Å². The lowest BCUT2D eigenvalue weighted by molar-refractivity contribution is 0.0979. The minimum absolute atomic E-state index is 0.00641. The molecule has 0 saturated carbocycles. The van der Waals surface area contributed by atoms with Crippen LogP contribution in [0, 0.1) is 5.92 Å². The molecule has 6 heteroatoms. The summed E-state index contributed by atoms with van der Waals surface area (Å²) in [5.74, 6) is -1.29. The number of nitrogens with one attached hydrogen (secondary N) is 1. The molecule has 1 unspecified atom stereocenters. The Labute approximate surface area is 251 Å². The van der Waals surface area contributed by atoms with Crippen LogP contribution in [0.25, 0.3) is 11.1 Å². The van der Waals surface area contributed by atoms with E-state index in [4.69, 9.17) is 4.99 Å². The highest BCUT2D eigenvalue weighted by atomic mass is 16.2. The summed E-state index contributed by atoms with van der Waals surface area (Å²) in [6, 6.07) is 24.8. The van der Waals surface area contributed by atoms with Crippen LogP contribution in [0.2, 0.25) is 0 Å². The van der Waals surface area contributed by atoms with Crippen LogP contribution >= 0.6 is 0 Å². The Hall–Kier alpha value is -6.01.